The standard InChI is InChI=1S/C17H16N4O4/c1-11-17(20-25-21(11)22)13-7-15(23-2)16(24-3)8-14(13)19-10-12-5-4-6-18-9-12/h4-10H,1-3H3. The predicted octanol–water partition coefficient (Wildman–Crippen LogP) is 2.45. The molecule has 0 amide bonds. The van der Waals surface area contributed by atoms with Crippen LogP contribution < -0.4 is 14.4 Å². The minimum atomic E-state index is 0.324. The van der Waals surface area contributed by atoms with Crippen molar-refractivity contribution in [3.05, 3.63) is 53.1 Å². The number of nitrogens with zero attached hydrogens (tertiary/aromatic N) is 4. The van der Waals surface area contributed by atoms with Crippen LogP contribution >= 0.6 is 0 Å². The number of methoxy groups -OCH3 is 2. The molecule has 0 radical (unpaired) electrons. The van der Waals surface area contributed by atoms with Crippen LogP contribution in [0, 0.1) is 12.1 Å². The maximum Gasteiger partial charge on any atom is 0.253 e. The van der Waals surface area contributed by atoms with E-state index in [1.54, 1.807) is 44.8 Å². The number of hydrogen-bond acceptors (Lipinski definition) is 7. The van der Waals surface area contributed by atoms with Crippen molar-refractivity contribution in [2.75, 3.05) is 14.2 Å². The molecule has 0 bridgehead atoms. The molecule has 0 aliphatic rings. The Labute approximate surface area is 143 Å². The molecule has 0 aliphatic carbocycles. The van der Waals surface area contributed by atoms with Crippen LogP contribution in [0.4, 0.5) is 5.69 Å². The summed E-state index contributed by atoms with van der Waals surface area (Å²) >= 11 is 0. The van der Waals surface area contributed by atoms with E-state index in [4.69, 9.17) is 9.47 Å². The third-order valence-corrected chi connectivity index (χ3v) is 3.62. The van der Waals surface area contributed by atoms with Gasteiger partial charge in [0, 0.05) is 42.3 Å². The Kier molecular flexibility index (Phi) is 4.60. The Balaban J connectivity index is 2.14. The highest BCUT2D eigenvalue weighted by atomic mass is 16.8. The lowest BCUT2D eigenvalue weighted by Crippen LogP contribution is -2.25. The third kappa shape index (κ3) is 3.27. The summed E-state index contributed by atoms with van der Waals surface area (Å²) in [7, 11) is 3.07. The van der Waals surface area contributed by atoms with Crippen molar-refractivity contribution in [3.63, 3.8) is 0 Å². The molecule has 0 spiro atoms. The van der Waals surface area contributed by atoms with E-state index in [1.165, 1.54) is 7.11 Å². The molecular formula is C17H16N4O4. The molecule has 2 heterocycles. The fraction of sp³-hybridized carbons (Fsp3) is 0.176. The fourth-order valence-electron chi connectivity index (χ4n) is 2.30. The predicted molar refractivity (Wildman–Crippen MR) is 90.2 cm³/mol. The summed E-state index contributed by atoms with van der Waals surface area (Å²) < 4.78 is 15.3. The highest BCUT2D eigenvalue weighted by Crippen LogP contribution is 2.40. The van der Waals surface area contributed by atoms with Crippen molar-refractivity contribution in [2.45, 2.75) is 6.92 Å². The summed E-state index contributed by atoms with van der Waals surface area (Å²) in [6, 6.07) is 7.12. The maximum absolute atomic E-state index is 11.6. The maximum atomic E-state index is 11.6. The zero-order chi connectivity index (χ0) is 17.8. The van der Waals surface area contributed by atoms with Gasteiger partial charge in [0.1, 0.15) is 0 Å². The Morgan fingerprint density at radius 3 is 2.60 bits per heavy atom. The van der Waals surface area contributed by atoms with E-state index in [1.807, 2.05) is 12.1 Å². The van der Waals surface area contributed by atoms with E-state index in [0.29, 0.717) is 39.0 Å². The van der Waals surface area contributed by atoms with E-state index in [-0.39, 0.29) is 0 Å². The normalized spacial score (nSPS) is 11.0. The molecule has 0 aliphatic heterocycles. The molecular weight excluding hydrogens is 324 g/mol. The van der Waals surface area contributed by atoms with Gasteiger partial charge in [-0.3, -0.25) is 14.6 Å². The molecule has 0 unspecified atom stereocenters. The van der Waals surface area contributed by atoms with Gasteiger partial charge in [0.25, 0.3) is 5.69 Å². The molecule has 3 rings (SSSR count). The average Bonchev–Trinajstić information content (AvgIpc) is 2.99. The van der Waals surface area contributed by atoms with E-state index in [0.717, 1.165) is 5.56 Å². The number of hydrogen-bond donors (Lipinski definition) is 0. The molecule has 0 saturated carbocycles. The number of pyridine rings is 1. The van der Waals surface area contributed by atoms with Crippen LogP contribution in [-0.4, -0.2) is 30.6 Å². The number of aliphatic imine (C=N–C) groups is 1. The van der Waals surface area contributed by atoms with Crippen LogP contribution in [0.2, 0.25) is 0 Å². The quantitative estimate of drug-likeness (QED) is 0.523. The second-order valence-corrected chi connectivity index (χ2v) is 5.13. The highest BCUT2D eigenvalue weighted by Gasteiger charge is 2.22. The van der Waals surface area contributed by atoms with Gasteiger partial charge in [-0.25, -0.2) is 0 Å². The zero-order valence-corrected chi connectivity index (χ0v) is 14.0. The van der Waals surface area contributed by atoms with Crippen molar-refractivity contribution in [1.29, 1.82) is 0 Å². The molecule has 8 heteroatoms. The molecule has 1 aromatic carbocycles. The van der Waals surface area contributed by atoms with E-state index in [2.05, 4.69) is 19.8 Å². The molecule has 2 aromatic heterocycles. The molecule has 128 valence electrons. The van der Waals surface area contributed by atoms with Crippen LogP contribution in [0.3, 0.4) is 0 Å². The second-order valence-electron chi connectivity index (χ2n) is 5.13. The monoisotopic (exact) mass is 340 g/mol. The van der Waals surface area contributed by atoms with Crippen LogP contribution in [0.15, 0.2) is 46.3 Å². The zero-order valence-electron chi connectivity index (χ0n) is 14.0. The first-order valence-electron chi connectivity index (χ1n) is 7.41. The van der Waals surface area contributed by atoms with E-state index < -0.39 is 0 Å². The summed E-state index contributed by atoms with van der Waals surface area (Å²) in [5.41, 5.74) is 2.69. The lowest BCUT2D eigenvalue weighted by Gasteiger charge is -2.10. The number of aromatic nitrogens is 3. The Morgan fingerprint density at radius 1 is 1.24 bits per heavy atom. The molecule has 0 atom stereocenters. The first kappa shape index (κ1) is 16.4. The third-order valence-electron chi connectivity index (χ3n) is 3.62. The van der Waals surface area contributed by atoms with Gasteiger partial charge in [-0.1, -0.05) is 6.07 Å². The summed E-state index contributed by atoms with van der Waals surface area (Å²) in [6.07, 6.45) is 5.04. The summed E-state index contributed by atoms with van der Waals surface area (Å²) in [5.74, 6) is 1.01. The van der Waals surface area contributed by atoms with Gasteiger partial charge in [0.15, 0.2) is 11.5 Å². The van der Waals surface area contributed by atoms with Crippen LogP contribution in [0.25, 0.3) is 11.3 Å². The highest BCUT2D eigenvalue weighted by molar-refractivity contribution is 5.86. The molecule has 25 heavy (non-hydrogen) atoms. The van der Waals surface area contributed by atoms with Crippen LogP contribution in [0.1, 0.15) is 11.3 Å². The lowest BCUT2D eigenvalue weighted by molar-refractivity contribution is -0.806. The Morgan fingerprint density at radius 2 is 2.00 bits per heavy atom. The van der Waals surface area contributed by atoms with Crippen molar-refractivity contribution in [2.24, 2.45) is 4.99 Å². The van der Waals surface area contributed by atoms with Crippen molar-refractivity contribution in [1.82, 2.24) is 10.1 Å². The number of ether oxygens (including phenoxy) is 2. The average molecular weight is 340 g/mol. The SMILES string of the molecule is COc1cc(N=Cc2cccnc2)c(-c2no[n+]([O-])c2C)cc1OC. The number of benzene rings is 1. The van der Waals surface area contributed by atoms with Crippen molar-refractivity contribution < 1.29 is 19.0 Å². The summed E-state index contributed by atoms with van der Waals surface area (Å²) in [6.45, 7) is 1.62. The first-order valence-corrected chi connectivity index (χ1v) is 7.41. The van der Waals surface area contributed by atoms with Crippen molar-refractivity contribution in [3.8, 4) is 22.8 Å². The summed E-state index contributed by atoms with van der Waals surface area (Å²) in [4.78, 5) is 8.89. The summed E-state index contributed by atoms with van der Waals surface area (Å²) in [5, 5.41) is 15.4. The minimum Gasteiger partial charge on any atom is -0.493 e. The van der Waals surface area contributed by atoms with Gasteiger partial charge >= 0.3 is 0 Å². The Bertz CT molecular complexity index is 907. The first-order chi connectivity index (χ1) is 12.1. The number of rotatable bonds is 5. The molecule has 0 saturated heterocycles. The van der Waals surface area contributed by atoms with Gasteiger partial charge in [0.05, 0.1) is 25.5 Å². The Hall–Kier alpha value is -3.42. The minimum absolute atomic E-state index is 0.324. The smallest absolute Gasteiger partial charge is 0.253 e. The van der Waals surface area contributed by atoms with Gasteiger partial charge in [-0.2, -0.15) is 0 Å². The molecule has 3 aromatic rings. The van der Waals surface area contributed by atoms with E-state index >= 15 is 0 Å². The van der Waals surface area contributed by atoms with Crippen LogP contribution in [-0.2, 0) is 0 Å². The lowest BCUT2D eigenvalue weighted by atomic mass is 10.1. The van der Waals surface area contributed by atoms with E-state index in [9.17, 15) is 5.21 Å². The van der Waals surface area contributed by atoms with Gasteiger partial charge in [0.2, 0.25) is 5.69 Å². The molecule has 0 fully saturated rings. The fourth-order valence-corrected chi connectivity index (χ4v) is 2.30. The largest absolute Gasteiger partial charge is 0.493 e. The second kappa shape index (κ2) is 7.00. The van der Waals surface area contributed by atoms with Gasteiger partial charge in [-0.05, 0) is 17.0 Å². The topological polar surface area (TPSA) is 96.7 Å². The van der Waals surface area contributed by atoms with Gasteiger partial charge in [-0.15, -0.1) is 0 Å². The molecule has 0 N–H and O–H groups in total. The van der Waals surface area contributed by atoms with Crippen LogP contribution in [0.5, 0.6) is 11.5 Å². The van der Waals surface area contributed by atoms with Gasteiger partial charge < -0.3 is 14.7 Å². The molecule has 8 nitrogen and oxygen atoms in total. The van der Waals surface area contributed by atoms with Crippen molar-refractivity contribution >= 4 is 11.9 Å².